The highest BCUT2D eigenvalue weighted by Gasteiger charge is 2.19. The quantitative estimate of drug-likeness (QED) is 0.464. The number of amides is 2. The van der Waals surface area contributed by atoms with Crippen molar-refractivity contribution in [1.29, 1.82) is 0 Å². The summed E-state index contributed by atoms with van der Waals surface area (Å²) in [5, 5.41) is 3.89. The molecule has 2 rings (SSSR count). The third kappa shape index (κ3) is 6.43. The van der Waals surface area contributed by atoms with E-state index in [1.165, 1.54) is 12.1 Å². The van der Waals surface area contributed by atoms with Gasteiger partial charge >= 0.3 is 5.97 Å². The summed E-state index contributed by atoms with van der Waals surface area (Å²) in [5.41, 5.74) is -0.922. The summed E-state index contributed by atoms with van der Waals surface area (Å²) < 4.78 is 67.3. The normalized spacial score (nSPS) is 11.0. The van der Waals surface area contributed by atoms with Gasteiger partial charge < -0.3 is 15.4 Å². The molecule has 8 nitrogen and oxygen atoms in total. The highest BCUT2D eigenvalue weighted by atomic mass is 35.5. The molecule has 0 fully saturated rings. The van der Waals surface area contributed by atoms with Crippen molar-refractivity contribution >= 4 is 44.9 Å². The predicted octanol–water partition coefficient (Wildman–Crippen LogP) is 2.07. The molecule has 0 aliphatic carbocycles. The summed E-state index contributed by atoms with van der Waals surface area (Å²) in [6.07, 6.45) is 0.927. The molecular formula is C18H14ClF3N2O6S. The van der Waals surface area contributed by atoms with E-state index in [0.29, 0.717) is 6.07 Å². The largest absolute Gasteiger partial charge is 0.452 e. The summed E-state index contributed by atoms with van der Waals surface area (Å²) in [7, 11) is -3.62. The van der Waals surface area contributed by atoms with E-state index in [0.717, 1.165) is 18.4 Å². The van der Waals surface area contributed by atoms with Crippen molar-refractivity contribution in [2.45, 2.75) is 4.90 Å². The lowest BCUT2D eigenvalue weighted by atomic mass is 10.2. The van der Waals surface area contributed by atoms with Crippen LogP contribution in [-0.4, -0.2) is 45.6 Å². The van der Waals surface area contributed by atoms with Crippen LogP contribution in [0.5, 0.6) is 0 Å². The zero-order valence-electron chi connectivity index (χ0n) is 15.7. The van der Waals surface area contributed by atoms with Gasteiger partial charge in [0.05, 0.1) is 27.7 Å². The number of anilines is 1. The predicted molar refractivity (Wildman–Crippen MR) is 103 cm³/mol. The number of hydrogen-bond acceptors (Lipinski definition) is 6. The Balaban J connectivity index is 1.89. The molecule has 0 aliphatic rings. The van der Waals surface area contributed by atoms with Crippen molar-refractivity contribution in [1.82, 2.24) is 5.32 Å². The molecule has 0 radical (unpaired) electrons. The third-order valence-corrected chi connectivity index (χ3v) is 5.12. The molecule has 31 heavy (non-hydrogen) atoms. The Bertz CT molecular complexity index is 1160. The maximum absolute atomic E-state index is 13.5. The lowest BCUT2D eigenvalue weighted by Gasteiger charge is -2.10. The number of nitrogens with one attached hydrogen (secondary N) is 2. The molecule has 2 aromatic rings. The second kappa shape index (κ2) is 9.79. The Kier molecular flexibility index (Phi) is 7.63. The molecule has 0 spiro atoms. The van der Waals surface area contributed by atoms with Crippen LogP contribution in [0.2, 0.25) is 5.02 Å². The number of hydrogen-bond donors (Lipinski definition) is 2. The molecule has 0 saturated carbocycles. The summed E-state index contributed by atoms with van der Waals surface area (Å²) in [4.78, 5) is 35.3. The molecule has 0 aromatic heterocycles. The number of carbonyl (C=O) groups excluding carboxylic acids is 3. The van der Waals surface area contributed by atoms with E-state index in [9.17, 15) is 36.0 Å². The molecule has 0 atom stereocenters. The maximum atomic E-state index is 13.5. The van der Waals surface area contributed by atoms with Crippen molar-refractivity contribution in [3.8, 4) is 0 Å². The van der Waals surface area contributed by atoms with Crippen LogP contribution in [0.25, 0.3) is 0 Å². The summed E-state index contributed by atoms with van der Waals surface area (Å²) in [6.45, 7) is -1.54. The molecule has 2 amide bonds. The van der Waals surface area contributed by atoms with E-state index < -0.39 is 63.9 Å². The van der Waals surface area contributed by atoms with Crippen LogP contribution < -0.4 is 10.6 Å². The molecule has 2 N–H and O–H groups in total. The lowest BCUT2D eigenvalue weighted by Crippen LogP contribution is -2.35. The van der Waals surface area contributed by atoms with Gasteiger partial charge in [0, 0.05) is 6.26 Å². The number of rotatable bonds is 7. The fourth-order valence-corrected chi connectivity index (χ4v) is 2.99. The van der Waals surface area contributed by atoms with E-state index in [4.69, 9.17) is 16.3 Å². The van der Waals surface area contributed by atoms with Crippen molar-refractivity contribution in [3.63, 3.8) is 0 Å². The van der Waals surface area contributed by atoms with Crippen LogP contribution in [0.1, 0.15) is 10.4 Å². The zero-order chi connectivity index (χ0) is 23.3. The van der Waals surface area contributed by atoms with Gasteiger partial charge in [0.2, 0.25) is 5.91 Å². The smallest absolute Gasteiger partial charge is 0.340 e. The van der Waals surface area contributed by atoms with Gasteiger partial charge in [-0.05, 0) is 30.3 Å². The number of benzene rings is 2. The van der Waals surface area contributed by atoms with E-state index in [1.54, 1.807) is 0 Å². The van der Waals surface area contributed by atoms with Crippen LogP contribution in [0.15, 0.2) is 35.2 Å². The average molecular weight is 479 g/mol. The monoisotopic (exact) mass is 478 g/mol. The molecule has 0 bridgehead atoms. The van der Waals surface area contributed by atoms with E-state index in [2.05, 4.69) is 5.32 Å². The second-order valence-electron chi connectivity index (χ2n) is 6.04. The number of esters is 1. The highest BCUT2D eigenvalue weighted by Crippen LogP contribution is 2.21. The van der Waals surface area contributed by atoms with Gasteiger partial charge in [0.15, 0.2) is 33.9 Å². The maximum Gasteiger partial charge on any atom is 0.340 e. The van der Waals surface area contributed by atoms with Gasteiger partial charge in [-0.15, -0.1) is 0 Å². The van der Waals surface area contributed by atoms with Crippen molar-refractivity contribution in [2.24, 2.45) is 0 Å². The molecule has 0 aliphatic heterocycles. The van der Waals surface area contributed by atoms with Crippen LogP contribution in [0.3, 0.4) is 0 Å². The zero-order valence-corrected chi connectivity index (χ0v) is 17.2. The minimum atomic E-state index is -3.62. The molecule has 0 saturated heterocycles. The minimum absolute atomic E-state index is 0.106. The first-order valence-corrected chi connectivity index (χ1v) is 10.5. The SMILES string of the molecule is CS(=O)(=O)c1ccc(Cl)c(C(=O)OCC(=O)NCC(=O)Nc2ccc(F)c(F)c2F)c1. The number of halogens is 4. The fraction of sp³-hybridized carbons (Fsp3) is 0.167. The molecule has 2 aromatic carbocycles. The lowest BCUT2D eigenvalue weighted by molar-refractivity contribution is -0.126. The van der Waals surface area contributed by atoms with E-state index in [1.807, 2.05) is 5.32 Å². The summed E-state index contributed by atoms with van der Waals surface area (Å²) in [5.74, 6) is -7.79. The average Bonchev–Trinajstić information content (AvgIpc) is 2.70. The minimum Gasteiger partial charge on any atom is -0.452 e. The molecule has 166 valence electrons. The number of sulfone groups is 1. The Labute approximate surface area is 179 Å². The van der Waals surface area contributed by atoms with Crippen molar-refractivity contribution in [2.75, 3.05) is 24.7 Å². The Hall–Kier alpha value is -3.12. The summed E-state index contributed by atoms with van der Waals surface area (Å²) in [6, 6.07) is 4.76. The Morgan fingerprint density at radius 1 is 1.03 bits per heavy atom. The van der Waals surface area contributed by atoms with Crippen molar-refractivity contribution in [3.05, 3.63) is 58.4 Å². The Morgan fingerprint density at radius 3 is 2.35 bits per heavy atom. The standard InChI is InChI=1S/C18H14ClF3N2O6S/c1-31(28,29)9-2-3-11(19)10(6-9)18(27)30-8-15(26)23-7-14(25)24-13-5-4-12(20)16(21)17(13)22/h2-6H,7-8H2,1H3,(H,23,26)(H,24,25). The van der Waals surface area contributed by atoms with Gasteiger partial charge in [-0.25, -0.2) is 26.4 Å². The fourth-order valence-electron chi connectivity index (χ4n) is 2.15. The molecule has 0 heterocycles. The highest BCUT2D eigenvalue weighted by molar-refractivity contribution is 7.90. The first kappa shape index (κ1) is 24.2. The van der Waals surface area contributed by atoms with Gasteiger partial charge in [-0.1, -0.05) is 11.6 Å². The summed E-state index contributed by atoms with van der Waals surface area (Å²) >= 11 is 5.84. The number of ether oxygens (including phenoxy) is 1. The third-order valence-electron chi connectivity index (χ3n) is 3.68. The van der Waals surface area contributed by atoms with Crippen LogP contribution in [0.4, 0.5) is 18.9 Å². The van der Waals surface area contributed by atoms with Gasteiger partial charge in [-0.3, -0.25) is 9.59 Å². The molecular weight excluding hydrogens is 465 g/mol. The first-order chi connectivity index (χ1) is 14.4. The first-order valence-electron chi connectivity index (χ1n) is 8.27. The van der Waals surface area contributed by atoms with Crippen LogP contribution in [0, 0.1) is 17.5 Å². The van der Waals surface area contributed by atoms with Crippen LogP contribution in [-0.2, 0) is 24.2 Å². The second-order valence-corrected chi connectivity index (χ2v) is 8.46. The van der Waals surface area contributed by atoms with Gasteiger partial charge in [0.1, 0.15) is 0 Å². The van der Waals surface area contributed by atoms with E-state index in [-0.39, 0.29) is 15.5 Å². The number of carbonyl (C=O) groups is 3. The Morgan fingerprint density at radius 2 is 1.71 bits per heavy atom. The topological polar surface area (TPSA) is 119 Å². The van der Waals surface area contributed by atoms with Gasteiger partial charge in [0.25, 0.3) is 5.91 Å². The van der Waals surface area contributed by atoms with Gasteiger partial charge in [-0.2, -0.15) is 0 Å². The molecule has 13 heteroatoms. The molecule has 0 unspecified atom stereocenters. The van der Waals surface area contributed by atoms with E-state index >= 15 is 0 Å². The van der Waals surface area contributed by atoms with Crippen LogP contribution >= 0.6 is 11.6 Å². The van der Waals surface area contributed by atoms with Crippen molar-refractivity contribution < 1.29 is 40.7 Å².